The highest BCUT2D eigenvalue weighted by Crippen LogP contribution is 2.38. The van der Waals surface area contributed by atoms with Crippen LogP contribution in [0.2, 0.25) is 0 Å². The zero-order valence-electron chi connectivity index (χ0n) is 12.0. The topological polar surface area (TPSA) is 35.2 Å². The molecule has 112 valence electrons. The SMILES string of the molecule is COc1c(C)cc(Br)c(C)c1C(N)c1cc(F)cc(Br)c1. The third-order valence-corrected chi connectivity index (χ3v) is 4.75. The molecule has 2 aromatic rings. The summed E-state index contributed by atoms with van der Waals surface area (Å²) in [6.45, 7) is 3.93. The normalized spacial score (nSPS) is 12.3. The van der Waals surface area contributed by atoms with Crippen molar-refractivity contribution in [3.8, 4) is 5.75 Å². The molecule has 0 aromatic heterocycles. The summed E-state index contributed by atoms with van der Waals surface area (Å²) in [5.74, 6) is 0.418. The number of methoxy groups -OCH3 is 1. The van der Waals surface area contributed by atoms with E-state index in [2.05, 4.69) is 31.9 Å². The molecular weight excluding hydrogens is 401 g/mol. The summed E-state index contributed by atoms with van der Waals surface area (Å²) in [6.07, 6.45) is 0. The quantitative estimate of drug-likeness (QED) is 0.761. The monoisotopic (exact) mass is 415 g/mol. The van der Waals surface area contributed by atoms with Gasteiger partial charge in [0.2, 0.25) is 0 Å². The van der Waals surface area contributed by atoms with E-state index in [0.717, 1.165) is 26.9 Å². The van der Waals surface area contributed by atoms with Gasteiger partial charge in [-0.1, -0.05) is 31.9 Å². The number of hydrogen-bond donors (Lipinski definition) is 1. The van der Waals surface area contributed by atoms with Crippen LogP contribution >= 0.6 is 31.9 Å². The average Bonchev–Trinajstić information content (AvgIpc) is 2.40. The summed E-state index contributed by atoms with van der Waals surface area (Å²) < 4.78 is 20.8. The Labute approximate surface area is 140 Å². The second-order valence-electron chi connectivity index (χ2n) is 4.93. The predicted octanol–water partition coefficient (Wildman–Crippen LogP) is 5.02. The van der Waals surface area contributed by atoms with Crippen LogP contribution in [0, 0.1) is 19.7 Å². The molecule has 0 aliphatic carbocycles. The van der Waals surface area contributed by atoms with Gasteiger partial charge in [-0.3, -0.25) is 0 Å². The first-order valence-corrected chi connectivity index (χ1v) is 7.99. The van der Waals surface area contributed by atoms with E-state index in [9.17, 15) is 4.39 Å². The van der Waals surface area contributed by atoms with E-state index in [1.54, 1.807) is 7.11 Å². The fourth-order valence-corrected chi connectivity index (χ4v) is 3.48. The van der Waals surface area contributed by atoms with Crippen molar-refractivity contribution in [2.75, 3.05) is 7.11 Å². The summed E-state index contributed by atoms with van der Waals surface area (Å²) in [5, 5.41) is 0. The molecule has 1 atom stereocenters. The van der Waals surface area contributed by atoms with Crippen LogP contribution in [0.5, 0.6) is 5.75 Å². The van der Waals surface area contributed by atoms with E-state index in [1.807, 2.05) is 26.0 Å². The van der Waals surface area contributed by atoms with Crippen LogP contribution in [-0.4, -0.2) is 7.11 Å². The summed E-state index contributed by atoms with van der Waals surface area (Å²) in [4.78, 5) is 0. The lowest BCUT2D eigenvalue weighted by Crippen LogP contribution is -2.16. The summed E-state index contributed by atoms with van der Waals surface area (Å²) in [6, 6.07) is 6.20. The lowest BCUT2D eigenvalue weighted by molar-refractivity contribution is 0.404. The van der Waals surface area contributed by atoms with Gasteiger partial charge in [0.15, 0.2) is 0 Å². The minimum atomic E-state index is -0.469. The summed E-state index contributed by atoms with van der Waals surface area (Å²) in [5.41, 5.74) is 9.91. The zero-order chi connectivity index (χ0) is 15.7. The number of nitrogens with two attached hydrogens (primary N) is 1. The molecule has 1 unspecified atom stereocenters. The number of aryl methyl sites for hydroxylation is 1. The van der Waals surface area contributed by atoms with Gasteiger partial charge in [-0.15, -0.1) is 0 Å². The minimum absolute atomic E-state index is 0.321. The van der Waals surface area contributed by atoms with Crippen molar-refractivity contribution in [3.63, 3.8) is 0 Å². The predicted molar refractivity (Wildman–Crippen MR) is 90.3 cm³/mol. The number of hydrogen-bond acceptors (Lipinski definition) is 2. The van der Waals surface area contributed by atoms with Crippen molar-refractivity contribution >= 4 is 31.9 Å². The molecular formula is C16H16Br2FNO. The van der Waals surface area contributed by atoms with Gasteiger partial charge in [-0.25, -0.2) is 4.39 Å². The maximum absolute atomic E-state index is 13.6. The van der Waals surface area contributed by atoms with Crippen LogP contribution in [0.3, 0.4) is 0 Å². The average molecular weight is 417 g/mol. The lowest BCUT2D eigenvalue weighted by Gasteiger charge is -2.21. The number of rotatable bonds is 3. The van der Waals surface area contributed by atoms with Gasteiger partial charge in [0.05, 0.1) is 13.2 Å². The molecule has 2 aromatic carbocycles. The Balaban J connectivity index is 2.64. The molecule has 0 amide bonds. The maximum atomic E-state index is 13.6. The van der Waals surface area contributed by atoms with Gasteiger partial charge < -0.3 is 10.5 Å². The third-order valence-electron chi connectivity index (χ3n) is 3.47. The molecule has 0 heterocycles. The Bertz CT molecular complexity index is 668. The van der Waals surface area contributed by atoms with Gasteiger partial charge in [-0.05, 0) is 54.8 Å². The van der Waals surface area contributed by atoms with E-state index < -0.39 is 6.04 Å². The molecule has 0 aliphatic rings. The number of ether oxygens (including phenoxy) is 1. The van der Waals surface area contributed by atoms with E-state index in [0.29, 0.717) is 10.0 Å². The maximum Gasteiger partial charge on any atom is 0.127 e. The van der Waals surface area contributed by atoms with E-state index >= 15 is 0 Å². The summed E-state index contributed by atoms with van der Waals surface area (Å²) in [7, 11) is 1.62. The first-order chi connectivity index (χ1) is 9.85. The second kappa shape index (κ2) is 6.46. The highest BCUT2D eigenvalue weighted by molar-refractivity contribution is 9.10. The molecule has 2 rings (SSSR count). The molecule has 0 spiro atoms. The Morgan fingerprint density at radius 1 is 1.14 bits per heavy atom. The van der Waals surface area contributed by atoms with Gasteiger partial charge in [-0.2, -0.15) is 0 Å². The van der Waals surface area contributed by atoms with Crippen LogP contribution in [-0.2, 0) is 0 Å². The molecule has 5 heteroatoms. The van der Waals surface area contributed by atoms with E-state index in [4.69, 9.17) is 10.5 Å². The molecule has 2 N–H and O–H groups in total. The fourth-order valence-electron chi connectivity index (χ4n) is 2.44. The Kier molecular flexibility index (Phi) is 5.07. The van der Waals surface area contributed by atoms with Gasteiger partial charge >= 0.3 is 0 Å². The smallest absolute Gasteiger partial charge is 0.127 e. The van der Waals surface area contributed by atoms with Gasteiger partial charge in [0.25, 0.3) is 0 Å². The molecule has 0 saturated heterocycles. The highest BCUT2D eigenvalue weighted by atomic mass is 79.9. The Morgan fingerprint density at radius 2 is 1.81 bits per heavy atom. The van der Waals surface area contributed by atoms with Crippen molar-refractivity contribution < 1.29 is 9.13 Å². The van der Waals surface area contributed by atoms with Gasteiger partial charge in [0.1, 0.15) is 11.6 Å². The van der Waals surface area contributed by atoms with E-state index in [1.165, 1.54) is 12.1 Å². The molecule has 2 nitrogen and oxygen atoms in total. The lowest BCUT2D eigenvalue weighted by atomic mass is 9.93. The molecule has 0 bridgehead atoms. The van der Waals surface area contributed by atoms with Crippen LogP contribution < -0.4 is 10.5 Å². The van der Waals surface area contributed by atoms with Crippen LogP contribution in [0.1, 0.15) is 28.3 Å². The standard InChI is InChI=1S/C16H16Br2FNO/c1-8-4-13(18)9(2)14(16(8)21-3)15(20)10-5-11(17)7-12(19)6-10/h4-7,15H,20H2,1-3H3. The van der Waals surface area contributed by atoms with Gasteiger partial charge in [0, 0.05) is 14.5 Å². The first kappa shape index (κ1) is 16.5. The first-order valence-electron chi connectivity index (χ1n) is 6.40. The van der Waals surface area contributed by atoms with E-state index in [-0.39, 0.29) is 5.82 Å². The molecule has 0 fully saturated rings. The molecule has 21 heavy (non-hydrogen) atoms. The zero-order valence-corrected chi connectivity index (χ0v) is 15.2. The molecule has 0 radical (unpaired) electrons. The number of benzene rings is 2. The largest absolute Gasteiger partial charge is 0.496 e. The van der Waals surface area contributed by atoms with Crippen molar-refractivity contribution in [1.29, 1.82) is 0 Å². The third kappa shape index (κ3) is 3.30. The van der Waals surface area contributed by atoms with Crippen LogP contribution in [0.4, 0.5) is 4.39 Å². The van der Waals surface area contributed by atoms with Crippen LogP contribution in [0.15, 0.2) is 33.2 Å². The van der Waals surface area contributed by atoms with Crippen molar-refractivity contribution in [2.45, 2.75) is 19.9 Å². The Morgan fingerprint density at radius 3 is 2.38 bits per heavy atom. The van der Waals surface area contributed by atoms with Crippen molar-refractivity contribution in [3.05, 3.63) is 61.3 Å². The molecule has 0 aliphatic heterocycles. The minimum Gasteiger partial charge on any atom is -0.496 e. The van der Waals surface area contributed by atoms with Crippen LogP contribution in [0.25, 0.3) is 0 Å². The van der Waals surface area contributed by atoms with Crippen molar-refractivity contribution in [1.82, 2.24) is 0 Å². The summed E-state index contributed by atoms with van der Waals surface area (Å²) >= 11 is 6.84. The molecule has 0 saturated carbocycles. The highest BCUT2D eigenvalue weighted by Gasteiger charge is 2.21. The van der Waals surface area contributed by atoms with Crippen molar-refractivity contribution in [2.24, 2.45) is 5.73 Å². The number of halogens is 3. The Hall–Kier alpha value is -0.910. The second-order valence-corrected chi connectivity index (χ2v) is 6.70. The fraction of sp³-hybridized carbons (Fsp3) is 0.250.